The lowest BCUT2D eigenvalue weighted by molar-refractivity contribution is -0.189. The average Bonchev–Trinajstić information content (AvgIpc) is 2.93. The molecule has 0 saturated carbocycles. The predicted molar refractivity (Wildman–Crippen MR) is 72.8 cm³/mol. The Morgan fingerprint density at radius 1 is 1.08 bits per heavy atom. The van der Waals surface area contributed by atoms with Crippen molar-refractivity contribution >= 4 is 11.6 Å². The number of halogens is 6. The van der Waals surface area contributed by atoms with Gasteiger partial charge >= 0.3 is 12.4 Å². The molecule has 1 aliphatic rings. The van der Waals surface area contributed by atoms with Crippen molar-refractivity contribution in [1.29, 1.82) is 0 Å². The number of amides is 1. The molecule has 0 aliphatic carbocycles. The van der Waals surface area contributed by atoms with Crippen LogP contribution in [0.15, 0.2) is 30.6 Å². The maximum absolute atomic E-state index is 12.8. The summed E-state index contributed by atoms with van der Waals surface area (Å²) in [4.78, 5) is 15.9. The zero-order chi connectivity index (χ0) is 19.0. The molecule has 0 bridgehead atoms. The van der Waals surface area contributed by atoms with Gasteiger partial charge in [0.25, 0.3) is 0 Å². The van der Waals surface area contributed by atoms with Crippen molar-refractivity contribution in [3.63, 3.8) is 0 Å². The van der Waals surface area contributed by atoms with Gasteiger partial charge in [0, 0.05) is 6.20 Å². The smallest absolute Gasteiger partial charge is 0.367 e. The number of hydrogen-bond acceptors (Lipinski definition) is 5. The molecule has 0 fully saturated rings. The third-order valence-corrected chi connectivity index (χ3v) is 3.08. The minimum atomic E-state index is -4.96. The van der Waals surface area contributed by atoms with Crippen molar-refractivity contribution in [2.24, 2.45) is 5.73 Å². The van der Waals surface area contributed by atoms with E-state index in [-0.39, 0.29) is 6.07 Å². The van der Waals surface area contributed by atoms with E-state index in [0.717, 1.165) is 22.6 Å². The fourth-order valence-corrected chi connectivity index (χ4v) is 1.80. The van der Waals surface area contributed by atoms with E-state index < -0.39 is 41.2 Å². The molecule has 1 atom stereocenters. The largest absolute Gasteiger partial charge is 0.416 e. The van der Waals surface area contributed by atoms with Crippen molar-refractivity contribution in [3.8, 4) is 0 Å². The second-order valence-electron chi connectivity index (χ2n) is 5.01. The zero-order valence-electron chi connectivity index (χ0n) is 12.5. The number of nitrogens with two attached hydrogens (primary N) is 1. The first kappa shape index (κ1) is 18.9. The standard InChI is InChI=1S/C13H12F6N4O2/c1-7(11(20)24)25-23-3-2-22(21-23)10-5-8(12(14,15)16)4-9(6-10)13(17,18)19/h2-7,21H,1H3,(H2,20,24). The molecule has 12 heteroatoms. The molecule has 1 heterocycles. The van der Waals surface area contributed by atoms with E-state index >= 15 is 0 Å². The molecule has 138 valence electrons. The van der Waals surface area contributed by atoms with Gasteiger partial charge in [0.2, 0.25) is 5.91 Å². The second-order valence-corrected chi connectivity index (χ2v) is 5.01. The van der Waals surface area contributed by atoms with Crippen LogP contribution in [0.2, 0.25) is 0 Å². The summed E-state index contributed by atoms with van der Waals surface area (Å²) in [6.45, 7) is 1.31. The number of rotatable bonds is 4. The summed E-state index contributed by atoms with van der Waals surface area (Å²) in [6, 6.07) is 1.09. The first-order chi connectivity index (χ1) is 11.4. The molecule has 6 nitrogen and oxygen atoms in total. The highest BCUT2D eigenvalue weighted by molar-refractivity contribution is 5.78. The Labute approximate surface area is 137 Å². The molecule has 1 unspecified atom stereocenters. The van der Waals surface area contributed by atoms with E-state index in [9.17, 15) is 31.1 Å². The molecule has 2 rings (SSSR count). The molecule has 1 aromatic carbocycles. The van der Waals surface area contributed by atoms with E-state index in [1.54, 1.807) is 0 Å². The van der Waals surface area contributed by atoms with E-state index in [1.165, 1.54) is 6.92 Å². The molecule has 25 heavy (non-hydrogen) atoms. The third-order valence-electron chi connectivity index (χ3n) is 3.08. The number of anilines is 1. The Balaban J connectivity index is 2.28. The summed E-state index contributed by atoms with van der Waals surface area (Å²) >= 11 is 0. The number of hydrazine groups is 2. The Morgan fingerprint density at radius 3 is 2.04 bits per heavy atom. The summed E-state index contributed by atoms with van der Waals surface area (Å²) in [6.07, 6.45) is -8.74. The first-order valence-electron chi connectivity index (χ1n) is 6.66. The van der Waals surface area contributed by atoms with Crippen LogP contribution in [0.5, 0.6) is 0 Å². The molecule has 1 aromatic rings. The predicted octanol–water partition coefficient (Wildman–Crippen LogP) is 2.54. The first-order valence-corrected chi connectivity index (χ1v) is 6.66. The Morgan fingerprint density at radius 2 is 1.60 bits per heavy atom. The molecule has 0 saturated heterocycles. The van der Waals surface area contributed by atoms with Crippen molar-refractivity contribution in [2.45, 2.75) is 25.4 Å². The number of primary amides is 1. The molecule has 0 spiro atoms. The van der Waals surface area contributed by atoms with Crippen LogP contribution in [0.3, 0.4) is 0 Å². The lowest BCUT2D eigenvalue weighted by Crippen LogP contribution is -2.43. The van der Waals surface area contributed by atoms with Crippen LogP contribution in [-0.4, -0.2) is 17.2 Å². The monoisotopic (exact) mass is 370 g/mol. The van der Waals surface area contributed by atoms with E-state index in [1.807, 2.05) is 0 Å². The molecule has 0 aromatic heterocycles. The van der Waals surface area contributed by atoms with Crippen LogP contribution in [0.25, 0.3) is 0 Å². The molecule has 0 radical (unpaired) electrons. The molecule has 1 aliphatic heterocycles. The number of hydroxylamine groups is 1. The molecular formula is C13H12F6N4O2. The molecular weight excluding hydrogens is 358 g/mol. The van der Waals surface area contributed by atoms with Crippen molar-refractivity contribution in [3.05, 3.63) is 41.7 Å². The van der Waals surface area contributed by atoms with Gasteiger partial charge in [-0.1, -0.05) is 0 Å². The van der Waals surface area contributed by atoms with E-state index in [4.69, 9.17) is 10.6 Å². The Kier molecular flexibility index (Phi) is 4.86. The van der Waals surface area contributed by atoms with E-state index in [0.29, 0.717) is 12.1 Å². The van der Waals surface area contributed by atoms with E-state index in [2.05, 4.69) is 5.53 Å². The van der Waals surface area contributed by atoms with Gasteiger partial charge in [-0.25, -0.2) is 4.84 Å². The summed E-state index contributed by atoms with van der Waals surface area (Å²) in [5.41, 5.74) is 3.97. The number of hydrogen-bond donors (Lipinski definition) is 2. The lowest BCUT2D eigenvalue weighted by atomic mass is 10.1. The minimum Gasteiger partial charge on any atom is -0.367 e. The number of carbonyl (C=O) groups excluding carboxylic acids is 1. The zero-order valence-corrected chi connectivity index (χ0v) is 12.5. The van der Waals surface area contributed by atoms with Crippen LogP contribution in [0.4, 0.5) is 32.0 Å². The maximum atomic E-state index is 12.8. The topological polar surface area (TPSA) is 70.8 Å². The number of benzene rings is 1. The summed E-state index contributed by atoms with van der Waals surface area (Å²) in [5.74, 6) is -0.813. The van der Waals surface area contributed by atoms with Gasteiger partial charge in [-0.15, -0.1) is 5.53 Å². The lowest BCUT2D eigenvalue weighted by Gasteiger charge is -2.24. The average molecular weight is 370 g/mol. The third kappa shape index (κ3) is 4.54. The SMILES string of the molecule is CC(ON1C=CN(c2cc(C(F)(F)F)cc(C(F)(F)F)c2)N1)C(N)=O. The number of nitrogens with zero attached hydrogens (tertiary/aromatic N) is 2. The fraction of sp³-hybridized carbons (Fsp3) is 0.308. The van der Waals surface area contributed by atoms with Crippen LogP contribution in [0, 0.1) is 0 Å². The molecule has 1 amide bonds. The van der Waals surface area contributed by atoms with Gasteiger partial charge in [0.05, 0.1) is 23.0 Å². The van der Waals surface area contributed by atoms with Gasteiger partial charge in [-0.2, -0.15) is 31.5 Å². The highest BCUT2D eigenvalue weighted by atomic mass is 19.4. The van der Waals surface area contributed by atoms with Gasteiger partial charge < -0.3 is 5.73 Å². The summed E-state index contributed by atoms with van der Waals surface area (Å²) in [5, 5.41) is 1.68. The Bertz CT molecular complexity index is 656. The Hall–Kier alpha value is -2.47. The number of carbonyl (C=O) groups is 1. The van der Waals surface area contributed by atoms with Crippen LogP contribution >= 0.6 is 0 Å². The van der Waals surface area contributed by atoms with Gasteiger partial charge in [0.15, 0.2) is 6.10 Å². The quantitative estimate of drug-likeness (QED) is 0.798. The summed E-state index contributed by atoms with van der Waals surface area (Å²) < 4.78 is 77.1. The highest BCUT2D eigenvalue weighted by Gasteiger charge is 2.37. The van der Waals surface area contributed by atoms with Crippen LogP contribution < -0.4 is 16.3 Å². The van der Waals surface area contributed by atoms with Gasteiger partial charge in [-0.3, -0.25) is 9.80 Å². The second kappa shape index (κ2) is 6.44. The van der Waals surface area contributed by atoms with Crippen LogP contribution in [-0.2, 0) is 22.0 Å². The maximum Gasteiger partial charge on any atom is 0.416 e. The number of alkyl halides is 6. The van der Waals surface area contributed by atoms with Gasteiger partial charge in [-0.05, 0) is 25.1 Å². The highest BCUT2D eigenvalue weighted by Crippen LogP contribution is 2.38. The normalized spacial score (nSPS) is 16.4. The van der Waals surface area contributed by atoms with Crippen molar-refractivity contribution in [1.82, 2.24) is 10.7 Å². The summed E-state index contributed by atoms with van der Waals surface area (Å²) in [7, 11) is 0. The number of nitrogens with one attached hydrogen (secondary N) is 1. The fourth-order valence-electron chi connectivity index (χ4n) is 1.80. The van der Waals surface area contributed by atoms with Crippen LogP contribution in [0.1, 0.15) is 18.1 Å². The van der Waals surface area contributed by atoms with Gasteiger partial charge in [0.1, 0.15) is 0 Å². The minimum absolute atomic E-state index is 0.0206. The molecule has 3 N–H and O–H groups in total. The van der Waals surface area contributed by atoms with Crippen molar-refractivity contribution in [2.75, 3.05) is 5.01 Å². The van der Waals surface area contributed by atoms with Crippen molar-refractivity contribution < 1.29 is 36.0 Å².